The highest BCUT2D eigenvalue weighted by Gasteiger charge is 2.33. The van der Waals surface area contributed by atoms with Crippen LogP contribution in [0.15, 0.2) is 22.8 Å². The molecule has 0 fully saturated rings. The molecule has 76 valence electrons. The number of rotatable bonds is 3. The van der Waals surface area contributed by atoms with Gasteiger partial charge in [-0.3, -0.25) is 0 Å². The lowest BCUT2D eigenvalue weighted by molar-refractivity contribution is -0.446. The van der Waals surface area contributed by atoms with Crippen molar-refractivity contribution in [3.05, 3.63) is 29.4 Å². The molecule has 0 amide bonds. The second-order valence-corrected chi connectivity index (χ2v) is 3.82. The van der Waals surface area contributed by atoms with Crippen LogP contribution in [0.5, 0.6) is 0 Å². The molecule has 1 aliphatic rings. The molecule has 0 bridgehead atoms. The number of furan rings is 1. The van der Waals surface area contributed by atoms with Crippen molar-refractivity contribution >= 4 is 6.21 Å². The average molecular weight is 193 g/mol. The van der Waals surface area contributed by atoms with E-state index in [1.54, 1.807) is 12.5 Å². The van der Waals surface area contributed by atoms with Gasteiger partial charge in [0.15, 0.2) is 12.8 Å². The predicted molar refractivity (Wildman–Crippen MR) is 54.4 cm³/mol. The van der Waals surface area contributed by atoms with Crippen LogP contribution >= 0.6 is 0 Å². The fourth-order valence-electron chi connectivity index (χ4n) is 2.12. The maximum absolute atomic E-state index is 11.3. The summed E-state index contributed by atoms with van der Waals surface area (Å²) in [4.78, 5) is 0. The van der Waals surface area contributed by atoms with Crippen LogP contribution in [0.3, 0.4) is 0 Å². The van der Waals surface area contributed by atoms with Crippen molar-refractivity contribution in [3.63, 3.8) is 0 Å². The second-order valence-electron chi connectivity index (χ2n) is 3.82. The summed E-state index contributed by atoms with van der Waals surface area (Å²) in [6.07, 6.45) is 5.62. The smallest absolute Gasteiger partial charge is 0.163 e. The lowest BCUT2D eigenvalue weighted by Crippen LogP contribution is -2.11. The summed E-state index contributed by atoms with van der Waals surface area (Å²) in [5.41, 5.74) is 0. The number of hydrogen-bond acceptors (Lipinski definition) is 2. The molecule has 0 spiro atoms. The first-order chi connectivity index (χ1) is 6.81. The summed E-state index contributed by atoms with van der Waals surface area (Å²) in [7, 11) is 0. The number of hydroxylamine groups is 1. The molecule has 0 aliphatic carbocycles. The van der Waals surface area contributed by atoms with Crippen molar-refractivity contribution in [2.45, 2.75) is 25.7 Å². The Morgan fingerprint density at radius 2 is 2.50 bits per heavy atom. The Balaban J connectivity index is 2.13. The predicted octanol–water partition coefficient (Wildman–Crippen LogP) is 2.37. The Kier molecular flexibility index (Phi) is 2.57. The molecule has 0 unspecified atom stereocenters. The molecule has 1 aromatic rings. The van der Waals surface area contributed by atoms with E-state index in [0.717, 1.165) is 23.3 Å². The highest BCUT2D eigenvalue weighted by atomic mass is 16.5. The summed E-state index contributed by atoms with van der Waals surface area (Å²) < 4.78 is 6.39. The molecule has 2 atom stereocenters. The molecule has 0 N–H and O–H groups in total. The zero-order valence-electron chi connectivity index (χ0n) is 8.35. The first-order valence-corrected chi connectivity index (χ1v) is 5.13. The van der Waals surface area contributed by atoms with Crippen molar-refractivity contribution in [2.75, 3.05) is 6.54 Å². The van der Waals surface area contributed by atoms with Crippen molar-refractivity contribution in [1.29, 1.82) is 0 Å². The van der Waals surface area contributed by atoms with Crippen LogP contribution in [0, 0.1) is 11.1 Å². The van der Waals surface area contributed by atoms with Gasteiger partial charge in [0.1, 0.15) is 5.76 Å². The maximum atomic E-state index is 11.3. The molecule has 2 heterocycles. The van der Waals surface area contributed by atoms with Gasteiger partial charge in [0.25, 0.3) is 0 Å². The van der Waals surface area contributed by atoms with Crippen LogP contribution in [-0.2, 0) is 0 Å². The van der Waals surface area contributed by atoms with Gasteiger partial charge in [-0.25, -0.2) is 4.74 Å². The number of nitrogens with zero attached hydrogens (tertiary/aromatic N) is 1. The van der Waals surface area contributed by atoms with E-state index in [-0.39, 0.29) is 5.92 Å². The van der Waals surface area contributed by atoms with Gasteiger partial charge in [-0.15, -0.1) is 0 Å². The van der Waals surface area contributed by atoms with Gasteiger partial charge in [0.05, 0.1) is 18.1 Å². The Morgan fingerprint density at radius 3 is 3.14 bits per heavy atom. The third-order valence-corrected chi connectivity index (χ3v) is 2.78. The Morgan fingerprint density at radius 1 is 1.64 bits per heavy atom. The van der Waals surface area contributed by atoms with E-state index in [9.17, 15) is 5.21 Å². The van der Waals surface area contributed by atoms with Crippen LogP contribution in [0.4, 0.5) is 0 Å². The Bertz CT molecular complexity index is 316. The Labute approximate surface area is 83.6 Å². The Hall–Kier alpha value is -1.25. The van der Waals surface area contributed by atoms with Gasteiger partial charge < -0.3 is 9.62 Å². The molecule has 1 aromatic heterocycles. The van der Waals surface area contributed by atoms with Gasteiger partial charge in [-0.1, -0.05) is 13.3 Å². The third kappa shape index (κ3) is 1.67. The fraction of sp³-hybridized carbons (Fsp3) is 0.545. The van der Waals surface area contributed by atoms with Gasteiger partial charge >= 0.3 is 0 Å². The number of hydrogen-bond donors (Lipinski definition) is 0. The average Bonchev–Trinajstić information content (AvgIpc) is 2.74. The van der Waals surface area contributed by atoms with Crippen molar-refractivity contribution in [3.8, 4) is 0 Å². The molecule has 1 aliphatic heterocycles. The SMILES string of the molecule is CCC[C@H]1C=[N+]([O-])C[C@@H]1c1ccco1. The summed E-state index contributed by atoms with van der Waals surface area (Å²) in [5, 5.41) is 11.3. The minimum absolute atomic E-state index is 0.252. The molecule has 3 nitrogen and oxygen atoms in total. The molecule has 0 radical (unpaired) electrons. The van der Waals surface area contributed by atoms with Crippen molar-refractivity contribution < 1.29 is 9.16 Å². The quantitative estimate of drug-likeness (QED) is 0.546. The fourth-order valence-corrected chi connectivity index (χ4v) is 2.12. The first kappa shape index (κ1) is 9.31. The van der Waals surface area contributed by atoms with Crippen molar-refractivity contribution in [2.24, 2.45) is 5.92 Å². The van der Waals surface area contributed by atoms with Crippen molar-refractivity contribution in [1.82, 2.24) is 0 Å². The van der Waals surface area contributed by atoms with Crippen LogP contribution < -0.4 is 0 Å². The minimum atomic E-state index is 0.252. The van der Waals surface area contributed by atoms with E-state index in [1.165, 1.54) is 0 Å². The van der Waals surface area contributed by atoms with E-state index in [4.69, 9.17) is 4.42 Å². The lowest BCUT2D eigenvalue weighted by atomic mass is 9.90. The van der Waals surface area contributed by atoms with E-state index in [2.05, 4.69) is 6.92 Å². The zero-order chi connectivity index (χ0) is 9.97. The normalized spacial score (nSPS) is 26.5. The summed E-state index contributed by atoms with van der Waals surface area (Å²) in [5.74, 6) is 1.55. The lowest BCUT2D eigenvalue weighted by Gasteiger charge is -2.10. The van der Waals surface area contributed by atoms with Gasteiger partial charge in [0.2, 0.25) is 0 Å². The molecule has 0 saturated carbocycles. The monoisotopic (exact) mass is 193 g/mol. The molecule has 0 aromatic carbocycles. The highest BCUT2D eigenvalue weighted by molar-refractivity contribution is 5.59. The van der Waals surface area contributed by atoms with Crippen LogP contribution in [-0.4, -0.2) is 17.5 Å². The summed E-state index contributed by atoms with van der Waals surface area (Å²) in [6, 6.07) is 3.84. The standard InChI is InChI=1S/C11H15NO2/c1-2-4-9-7-12(13)8-10(9)11-5-3-6-14-11/h3,5-7,9-10H,2,4,8H2,1H3/t9-,10-/m0/s1. The van der Waals surface area contributed by atoms with Gasteiger partial charge in [-0.2, -0.15) is 0 Å². The topological polar surface area (TPSA) is 39.2 Å². The van der Waals surface area contributed by atoms with E-state index >= 15 is 0 Å². The van der Waals surface area contributed by atoms with Crippen LogP contribution in [0.25, 0.3) is 0 Å². The maximum Gasteiger partial charge on any atom is 0.163 e. The van der Waals surface area contributed by atoms with Gasteiger partial charge in [-0.05, 0) is 18.6 Å². The molecule has 14 heavy (non-hydrogen) atoms. The molecular weight excluding hydrogens is 178 g/mol. The molecule has 2 rings (SSSR count). The summed E-state index contributed by atoms with van der Waals surface area (Å²) >= 11 is 0. The first-order valence-electron chi connectivity index (χ1n) is 5.13. The molecular formula is C11H15NO2. The highest BCUT2D eigenvalue weighted by Crippen LogP contribution is 2.30. The largest absolute Gasteiger partial charge is 0.624 e. The molecule has 3 heteroatoms. The van der Waals surface area contributed by atoms with E-state index in [0.29, 0.717) is 12.5 Å². The second kappa shape index (κ2) is 3.86. The zero-order valence-corrected chi connectivity index (χ0v) is 8.35. The van der Waals surface area contributed by atoms with Crippen LogP contribution in [0.2, 0.25) is 0 Å². The minimum Gasteiger partial charge on any atom is -0.624 e. The summed E-state index contributed by atoms with van der Waals surface area (Å²) in [6.45, 7) is 2.68. The molecule has 0 saturated heterocycles. The third-order valence-electron chi connectivity index (χ3n) is 2.78. The van der Waals surface area contributed by atoms with E-state index in [1.807, 2.05) is 12.1 Å². The van der Waals surface area contributed by atoms with Gasteiger partial charge in [0, 0.05) is 0 Å². The van der Waals surface area contributed by atoms with E-state index < -0.39 is 0 Å². The van der Waals surface area contributed by atoms with Crippen LogP contribution in [0.1, 0.15) is 31.4 Å².